The molecule has 3 aromatic rings. The number of benzene rings is 2. The molecule has 33 heavy (non-hydrogen) atoms. The Morgan fingerprint density at radius 2 is 1.70 bits per heavy atom. The van der Waals surface area contributed by atoms with E-state index in [1.54, 1.807) is 10.8 Å². The zero-order valence-corrected chi connectivity index (χ0v) is 19.0. The van der Waals surface area contributed by atoms with Gasteiger partial charge in [0.15, 0.2) is 0 Å². The van der Waals surface area contributed by atoms with Crippen LogP contribution in [0.5, 0.6) is 0 Å². The fraction of sp³-hybridized carbons (Fsp3) is 0.360. The molecule has 1 amide bonds. The van der Waals surface area contributed by atoms with E-state index in [1.165, 1.54) is 24.3 Å². The van der Waals surface area contributed by atoms with E-state index in [0.29, 0.717) is 24.3 Å². The van der Waals surface area contributed by atoms with Crippen molar-refractivity contribution in [2.75, 3.05) is 0 Å². The molecule has 1 heterocycles. The maximum Gasteiger partial charge on any atom is 0.228 e. The molecule has 2 fully saturated rings. The average molecular weight is 468 g/mol. The Labute approximate surface area is 193 Å². The second-order valence-electron chi connectivity index (χ2n) is 8.96. The molecular weight excluding hydrogens is 441 g/mol. The van der Waals surface area contributed by atoms with Crippen LogP contribution in [0.1, 0.15) is 42.5 Å². The van der Waals surface area contributed by atoms with E-state index in [4.69, 9.17) is 0 Å². The summed E-state index contributed by atoms with van der Waals surface area (Å²) in [4.78, 5) is 19.1. The fourth-order valence-electron chi connectivity index (χ4n) is 4.08. The molecule has 0 radical (unpaired) electrons. The van der Waals surface area contributed by atoms with E-state index in [-0.39, 0.29) is 28.8 Å². The molecule has 0 saturated heterocycles. The minimum atomic E-state index is -3.79. The molecule has 0 spiro atoms. The van der Waals surface area contributed by atoms with Crippen LogP contribution in [0.3, 0.4) is 0 Å². The van der Waals surface area contributed by atoms with E-state index in [0.717, 1.165) is 31.2 Å². The molecule has 1 aromatic heterocycles. The second kappa shape index (κ2) is 8.74. The lowest BCUT2D eigenvalue weighted by Crippen LogP contribution is -2.34. The zero-order chi connectivity index (χ0) is 23.0. The van der Waals surface area contributed by atoms with Gasteiger partial charge in [-0.15, -0.1) is 0 Å². The predicted octanol–water partition coefficient (Wildman–Crippen LogP) is 3.95. The minimum absolute atomic E-state index is 0.0275. The van der Waals surface area contributed by atoms with Gasteiger partial charge in [0, 0.05) is 12.0 Å². The Kier molecular flexibility index (Phi) is 5.78. The first kappa shape index (κ1) is 21.8. The van der Waals surface area contributed by atoms with Crippen LogP contribution in [-0.2, 0) is 33.5 Å². The number of sulfone groups is 1. The topological polar surface area (TPSA) is 72.3 Å². The van der Waals surface area contributed by atoms with E-state index in [1.807, 2.05) is 35.2 Å². The van der Waals surface area contributed by atoms with Gasteiger partial charge in [0.1, 0.15) is 5.82 Å². The quantitative estimate of drug-likeness (QED) is 0.478. The summed E-state index contributed by atoms with van der Waals surface area (Å²) in [6, 6.07) is 15.3. The average Bonchev–Trinajstić information content (AvgIpc) is 3.72. The van der Waals surface area contributed by atoms with Crippen LogP contribution in [0.4, 0.5) is 4.39 Å². The molecule has 2 aliphatic carbocycles. The van der Waals surface area contributed by atoms with Gasteiger partial charge in [-0.05, 0) is 48.9 Å². The van der Waals surface area contributed by atoms with Crippen LogP contribution >= 0.6 is 0 Å². The third kappa shape index (κ3) is 5.00. The normalized spacial score (nSPS) is 16.0. The number of hydrogen-bond donors (Lipinski definition) is 0. The van der Waals surface area contributed by atoms with Crippen LogP contribution in [0.15, 0.2) is 66.0 Å². The van der Waals surface area contributed by atoms with Crippen LogP contribution in [0, 0.1) is 11.7 Å². The number of carbonyl (C=O) groups excluding carboxylic acids is 1. The summed E-state index contributed by atoms with van der Waals surface area (Å²) in [5.74, 6) is -0.408. The van der Waals surface area contributed by atoms with E-state index in [2.05, 4.69) is 4.98 Å². The number of carbonyl (C=O) groups is 1. The van der Waals surface area contributed by atoms with E-state index < -0.39 is 15.7 Å². The molecule has 0 aliphatic heterocycles. The van der Waals surface area contributed by atoms with E-state index in [9.17, 15) is 17.6 Å². The van der Waals surface area contributed by atoms with Gasteiger partial charge in [-0.2, -0.15) is 0 Å². The highest BCUT2D eigenvalue weighted by Gasteiger charge is 2.40. The highest BCUT2D eigenvalue weighted by Crippen LogP contribution is 2.37. The zero-order valence-electron chi connectivity index (χ0n) is 18.2. The summed E-state index contributed by atoms with van der Waals surface area (Å²) < 4.78 is 41.7. The molecule has 2 saturated carbocycles. The molecule has 0 bridgehead atoms. The highest BCUT2D eigenvalue weighted by atomic mass is 32.2. The van der Waals surface area contributed by atoms with Crippen molar-refractivity contribution in [3.05, 3.63) is 83.4 Å². The number of nitrogens with zero attached hydrogens (tertiary/aromatic N) is 3. The van der Waals surface area contributed by atoms with Crippen molar-refractivity contribution in [3.63, 3.8) is 0 Å². The van der Waals surface area contributed by atoms with Crippen molar-refractivity contribution < 1.29 is 17.6 Å². The number of hydrogen-bond acceptors (Lipinski definition) is 4. The first-order valence-electron chi connectivity index (χ1n) is 11.3. The van der Waals surface area contributed by atoms with Crippen molar-refractivity contribution in [3.8, 4) is 0 Å². The monoisotopic (exact) mass is 467 g/mol. The number of halogens is 1. The number of amides is 1. The number of rotatable bonds is 9. The Morgan fingerprint density at radius 1 is 1.00 bits per heavy atom. The molecule has 172 valence electrons. The van der Waals surface area contributed by atoms with Crippen LogP contribution in [0.25, 0.3) is 0 Å². The lowest BCUT2D eigenvalue weighted by atomic mass is 10.2. The second-order valence-corrected chi connectivity index (χ2v) is 10.8. The van der Waals surface area contributed by atoms with Crippen molar-refractivity contribution >= 4 is 15.7 Å². The van der Waals surface area contributed by atoms with Crippen molar-refractivity contribution in [2.45, 2.75) is 55.7 Å². The Morgan fingerprint density at radius 3 is 2.33 bits per heavy atom. The van der Waals surface area contributed by atoms with Crippen molar-refractivity contribution in [1.29, 1.82) is 0 Å². The van der Waals surface area contributed by atoms with Gasteiger partial charge in [0.2, 0.25) is 20.9 Å². The van der Waals surface area contributed by atoms with Crippen LogP contribution in [0.2, 0.25) is 0 Å². The Balaban J connectivity index is 1.48. The molecule has 2 aliphatic rings. The molecule has 6 nitrogen and oxygen atoms in total. The molecule has 0 atom stereocenters. The summed E-state index contributed by atoms with van der Waals surface area (Å²) in [5.41, 5.74) is 2.15. The minimum Gasteiger partial charge on any atom is -0.334 e. The van der Waals surface area contributed by atoms with Gasteiger partial charge in [0.25, 0.3) is 0 Å². The Bertz CT molecular complexity index is 1250. The summed E-state index contributed by atoms with van der Waals surface area (Å²) in [6.07, 6.45) is 5.42. The molecular formula is C25H26FN3O3S. The highest BCUT2D eigenvalue weighted by molar-refractivity contribution is 7.90. The molecule has 8 heteroatoms. The first-order valence-corrected chi connectivity index (χ1v) is 12.9. The summed E-state index contributed by atoms with van der Waals surface area (Å²) >= 11 is 0. The van der Waals surface area contributed by atoms with Crippen LogP contribution < -0.4 is 0 Å². The summed E-state index contributed by atoms with van der Waals surface area (Å²) in [7, 11) is -3.79. The van der Waals surface area contributed by atoms with Gasteiger partial charge >= 0.3 is 0 Å². The summed E-state index contributed by atoms with van der Waals surface area (Å²) in [5, 5.41) is -0.0275. The maximum absolute atomic E-state index is 13.3. The van der Waals surface area contributed by atoms with Crippen LogP contribution in [-0.4, -0.2) is 34.8 Å². The van der Waals surface area contributed by atoms with Crippen molar-refractivity contribution in [2.24, 2.45) is 5.92 Å². The largest absolute Gasteiger partial charge is 0.334 e. The van der Waals surface area contributed by atoms with Gasteiger partial charge in [-0.25, -0.2) is 17.8 Å². The standard InChI is InChI=1S/C25H26FN3O3S/c26-21-10-6-19(7-11-21)17-33(31,32)25-27-14-23(29(25)15-18-4-2-1-3-5-18)16-28(22-12-13-22)24(30)20-8-9-20/h1-7,10-11,14,20,22H,8-9,12-13,15-17H2. The summed E-state index contributed by atoms with van der Waals surface area (Å²) in [6.45, 7) is 0.691. The van der Waals surface area contributed by atoms with E-state index >= 15 is 0 Å². The van der Waals surface area contributed by atoms with Gasteiger partial charge in [0.05, 0.1) is 30.7 Å². The maximum atomic E-state index is 13.3. The predicted molar refractivity (Wildman–Crippen MR) is 121 cm³/mol. The Hall–Kier alpha value is -3.00. The van der Waals surface area contributed by atoms with Crippen molar-refractivity contribution in [1.82, 2.24) is 14.5 Å². The number of imidazole rings is 1. The first-order chi connectivity index (χ1) is 15.9. The fourth-order valence-corrected chi connectivity index (χ4v) is 5.57. The number of aromatic nitrogens is 2. The molecule has 0 N–H and O–H groups in total. The lowest BCUT2D eigenvalue weighted by molar-refractivity contribution is -0.133. The molecule has 0 unspecified atom stereocenters. The third-order valence-electron chi connectivity index (χ3n) is 6.16. The molecule has 5 rings (SSSR count). The molecule has 2 aromatic carbocycles. The van der Waals surface area contributed by atoms with Gasteiger partial charge in [-0.1, -0.05) is 42.5 Å². The van der Waals surface area contributed by atoms with Gasteiger partial charge in [-0.3, -0.25) is 4.79 Å². The van der Waals surface area contributed by atoms with Gasteiger partial charge < -0.3 is 9.47 Å². The third-order valence-corrected chi connectivity index (χ3v) is 7.76. The lowest BCUT2D eigenvalue weighted by Gasteiger charge is -2.23. The SMILES string of the molecule is O=C(C1CC1)N(Cc1cnc(S(=O)(=O)Cc2ccc(F)cc2)n1Cc1ccccc1)C1CC1. The smallest absolute Gasteiger partial charge is 0.228 e.